The molecule has 3 aromatic carbocycles. The van der Waals surface area contributed by atoms with Crippen molar-refractivity contribution < 1.29 is 18.7 Å². The number of nitrogens with zero attached hydrogens (tertiary/aromatic N) is 4. The van der Waals surface area contributed by atoms with E-state index in [4.69, 9.17) is 22.1 Å². The molecule has 1 fully saturated rings. The van der Waals surface area contributed by atoms with Crippen molar-refractivity contribution in [3.63, 3.8) is 0 Å². The summed E-state index contributed by atoms with van der Waals surface area (Å²) in [6, 6.07) is 17.6. The SMILES string of the molecule is COC1CCN(c2ccc(C(=O)c3cn(-c4cccc(Cl)c4F)nn3)c(C3(C(N)=O)NCCc4ccccc43)c2)CC1. The second-order valence-corrected chi connectivity index (χ2v) is 11.0. The average molecular weight is 589 g/mol. The van der Waals surface area contributed by atoms with Gasteiger partial charge in [0.1, 0.15) is 11.2 Å². The Labute approximate surface area is 247 Å². The summed E-state index contributed by atoms with van der Waals surface area (Å²) in [6.07, 6.45) is 3.97. The molecule has 2 aliphatic heterocycles. The van der Waals surface area contributed by atoms with E-state index >= 15 is 0 Å². The lowest BCUT2D eigenvalue weighted by atomic mass is 9.74. The van der Waals surface area contributed by atoms with E-state index in [1.807, 2.05) is 36.4 Å². The molecular formula is C31H30ClFN6O3. The second kappa shape index (κ2) is 11.3. The minimum Gasteiger partial charge on any atom is -0.381 e. The van der Waals surface area contributed by atoms with Crippen LogP contribution in [0.15, 0.2) is 66.9 Å². The number of methoxy groups -OCH3 is 1. The van der Waals surface area contributed by atoms with Gasteiger partial charge in [-0.15, -0.1) is 5.10 Å². The third-order valence-corrected chi connectivity index (χ3v) is 8.56. The van der Waals surface area contributed by atoms with Crippen molar-refractivity contribution in [1.82, 2.24) is 20.3 Å². The van der Waals surface area contributed by atoms with Crippen molar-refractivity contribution in [2.75, 3.05) is 31.6 Å². The van der Waals surface area contributed by atoms with Gasteiger partial charge in [-0.1, -0.05) is 47.1 Å². The highest BCUT2D eigenvalue weighted by Gasteiger charge is 2.46. The third kappa shape index (κ3) is 4.75. The summed E-state index contributed by atoms with van der Waals surface area (Å²) in [5, 5.41) is 11.3. The first-order chi connectivity index (χ1) is 20.3. The number of halogens is 2. The minimum atomic E-state index is -1.46. The molecule has 9 nitrogen and oxygen atoms in total. The van der Waals surface area contributed by atoms with Gasteiger partial charge in [-0.05, 0) is 66.3 Å². The summed E-state index contributed by atoms with van der Waals surface area (Å²) in [5.74, 6) is -1.78. The fraction of sp³-hybridized carbons (Fsp3) is 0.290. The minimum absolute atomic E-state index is 0.0204. The first-order valence-corrected chi connectivity index (χ1v) is 14.2. The molecule has 0 bridgehead atoms. The Morgan fingerprint density at radius 2 is 1.88 bits per heavy atom. The van der Waals surface area contributed by atoms with Crippen LogP contribution in [0.1, 0.15) is 45.6 Å². The number of carbonyl (C=O) groups is 2. The molecule has 0 aliphatic carbocycles. The van der Waals surface area contributed by atoms with Gasteiger partial charge in [0, 0.05) is 38.0 Å². The van der Waals surface area contributed by atoms with E-state index in [0.717, 1.165) is 37.2 Å². The molecule has 11 heteroatoms. The number of nitrogens with two attached hydrogens (primary N) is 1. The number of amides is 1. The zero-order valence-electron chi connectivity index (χ0n) is 23.0. The van der Waals surface area contributed by atoms with Gasteiger partial charge >= 0.3 is 0 Å². The van der Waals surface area contributed by atoms with Crippen LogP contribution in [0.5, 0.6) is 0 Å². The summed E-state index contributed by atoms with van der Waals surface area (Å²) in [5.41, 5.74) is 8.00. The van der Waals surface area contributed by atoms with Gasteiger partial charge in [0.2, 0.25) is 11.7 Å². The predicted molar refractivity (Wildman–Crippen MR) is 157 cm³/mol. The Bertz CT molecular complexity index is 1670. The number of carbonyl (C=O) groups excluding carboxylic acids is 2. The number of ketones is 1. The van der Waals surface area contributed by atoms with E-state index in [0.29, 0.717) is 24.1 Å². The number of benzene rings is 3. The number of hydrogen-bond acceptors (Lipinski definition) is 7. The topological polar surface area (TPSA) is 115 Å². The molecule has 2 aliphatic rings. The van der Waals surface area contributed by atoms with Crippen LogP contribution in [0.25, 0.3) is 5.69 Å². The molecule has 1 saturated heterocycles. The van der Waals surface area contributed by atoms with Crippen LogP contribution < -0.4 is 16.0 Å². The Hall–Kier alpha value is -4.12. The maximum absolute atomic E-state index is 14.7. The number of primary amides is 1. The Balaban J connectivity index is 1.48. The number of piperidine rings is 1. The van der Waals surface area contributed by atoms with E-state index in [2.05, 4.69) is 20.5 Å². The van der Waals surface area contributed by atoms with Crippen LogP contribution in [-0.2, 0) is 21.5 Å². The van der Waals surface area contributed by atoms with E-state index in [1.54, 1.807) is 19.2 Å². The standard InChI is InChI=1S/C31H30ClFN6O3/c1-42-21-12-15-38(16-13-21)20-9-10-22(29(40)26-18-39(37-36-26)27-8-4-7-25(32)28(27)33)24(17-20)31(30(34)41)23-6-3-2-5-19(23)11-14-35-31/h2-10,17-18,21,35H,11-16H2,1H3,(H2,34,41). The molecule has 1 unspecified atom stereocenters. The first-order valence-electron chi connectivity index (χ1n) is 13.8. The van der Waals surface area contributed by atoms with E-state index in [-0.39, 0.29) is 28.1 Å². The van der Waals surface area contributed by atoms with Crippen molar-refractivity contribution in [3.05, 3.63) is 106 Å². The molecule has 0 radical (unpaired) electrons. The summed E-state index contributed by atoms with van der Waals surface area (Å²) in [6.45, 7) is 2.01. The van der Waals surface area contributed by atoms with Gasteiger partial charge in [0.15, 0.2) is 11.5 Å². The Kier molecular flexibility index (Phi) is 7.53. The van der Waals surface area contributed by atoms with E-state index < -0.39 is 23.0 Å². The summed E-state index contributed by atoms with van der Waals surface area (Å²) in [7, 11) is 1.72. The quantitative estimate of drug-likeness (QED) is 0.316. The molecular weight excluding hydrogens is 559 g/mol. The lowest BCUT2D eigenvalue weighted by Crippen LogP contribution is -2.57. The van der Waals surface area contributed by atoms with Crippen molar-refractivity contribution in [2.24, 2.45) is 5.73 Å². The molecule has 3 heterocycles. The molecule has 42 heavy (non-hydrogen) atoms. The second-order valence-electron chi connectivity index (χ2n) is 10.6. The van der Waals surface area contributed by atoms with E-state index in [9.17, 15) is 14.0 Å². The number of ether oxygens (including phenoxy) is 1. The fourth-order valence-corrected chi connectivity index (χ4v) is 6.23. The first kappa shape index (κ1) is 28.0. The van der Waals surface area contributed by atoms with Crippen LogP contribution in [0.3, 0.4) is 0 Å². The molecule has 0 spiro atoms. The highest BCUT2D eigenvalue weighted by molar-refractivity contribution is 6.30. The van der Waals surface area contributed by atoms with Crippen LogP contribution in [0.2, 0.25) is 5.02 Å². The highest BCUT2D eigenvalue weighted by atomic mass is 35.5. The summed E-state index contributed by atoms with van der Waals surface area (Å²) >= 11 is 5.95. The average Bonchev–Trinajstić information content (AvgIpc) is 3.51. The largest absolute Gasteiger partial charge is 0.381 e. The molecule has 4 aromatic rings. The Morgan fingerprint density at radius 1 is 1.10 bits per heavy atom. The summed E-state index contributed by atoms with van der Waals surface area (Å²) < 4.78 is 21.4. The van der Waals surface area contributed by atoms with Crippen molar-refractivity contribution in [1.29, 1.82) is 0 Å². The van der Waals surface area contributed by atoms with Gasteiger partial charge in [0.25, 0.3) is 0 Å². The number of rotatable bonds is 7. The van der Waals surface area contributed by atoms with Gasteiger partial charge in [-0.25, -0.2) is 9.07 Å². The van der Waals surface area contributed by atoms with Crippen molar-refractivity contribution >= 4 is 29.0 Å². The Morgan fingerprint density at radius 3 is 2.64 bits per heavy atom. The van der Waals surface area contributed by atoms with Gasteiger partial charge in [0.05, 0.1) is 17.3 Å². The molecule has 1 atom stereocenters. The molecule has 6 rings (SSSR count). The lowest BCUT2D eigenvalue weighted by molar-refractivity contribution is -0.123. The fourth-order valence-electron chi connectivity index (χ4n) is 6.06. The molecule has 0 saturated carbocycles. The normalized spacial score (nSPS) is 19.0. The van der Waals surface area contributed by atoms with Crippen LogP contribution >= 0.6 is 11.6 Å². The highest BCUT2D eigenvalue weighted by Crippen LogP contribution is 2.39. The van der Waals surface area contributed by atoms with Gasteiger partial charge in [-0.3, -0.25) is 14.9 Å². The number of anilines is 1. The monoisotopic (exact) mass is 588 g/mol. The predicted octanol–water partition coefficient (Wildman–Crippen LogP) is 3.78. The maximum Gasteiger partial charge on any atom is 0.247 e. The maximum atomic E-state index is 14.7. The number of nitrogens with one attached hydrogen (secondary N) is 1. The number of aromatic nitrogens is 3. The van der Waals surface area contributed by atoms with Crippen LogP contribution in [0.4, 0.5) is 10.1 Å². The smallest absolute Gasteiger partial charge is 0.247 e. The molecule has 1 amide bonds. The number of hydrogen-bond donors (Lipinski definition) is 2. The molecule has 1 aromatic heterocycles. The van der Waals surface area contributed by atoms with Crippen molar-refractivity contribution in [3.8, 4) is 5.69 Å². The van der Waals surface area contributed by atoms with Gasteiger partial charge < -0.3 is 15.4 Å². The van der Waals surface area contributed by atoms with Crippen molar-refractivity contribution in [2.45, 2.75) is 30.9 Å². The van der Waals surface area contributed by atoms with Gasteiger partial charge in [-0.2, -0.15) is 0 Å². The zero-order valence-corrected chi connectivity index (χ0v) is 23.8. The van der Waals surface area contributed by atoms with Crippen LogP contribution in [0, 0.1) is 5.82 Å². The third-order valence-electron chi connectivity index (χ3n) is 8.27. The summed E-state index contributed by atoms with van der Waals surface area (Å²) in [4.78, 5) is 29.8. The molecule has 216 valence electrons. The number of fused-ring (bicyclic) bond motifs is 1. The molecule has 3 N–H and O–H groups in total. The van der Waals surface area contributed by atoms with E-state index in [1.165, 1.54) is 23.0 Å². The zero-order chi connectivity index (χ0) is 29.4. The van der Waals surface area contributed by atoms with Crippen LogP contribution in [-0.4, -0.2) is 59.5 Å². The lowest BCUT2D eigenvalue weighted by Gasteiger charge is -2.40.